The molecule has 0 aromatic heterocycles. The molecular formula is C11H24N2O3. The summed E-state index contributed by atoms with van der Waals surface area (Å²) in [6, 6.07) is -0.500. The average molecular weight is 232 g/mol. The van der Waals surface area contributed by atoms with Crippen molar-refractivity contribution in [3.8, 4) is 0 Å². The molecule has 96 valence electrons. The Labute approximate surface area is 97.6 Å². The lowest BCUT2D eigenvalue weighted by Crippen LogP contribution is -2.51. The van der Waals surface area contributed by atoms with Gasteiger partial charge in [0.2, 0.25) is 5.91 Å². The van der Waals surface area contributed by atoms with Crippen LogP contribution in [0.1, 0.15) is 26.7 Å². The number of nitrogens with two attached hydrogens (primary N) is 1. The van der Waals surface area contributed by atoms with Crippen LogP contribution in [0.2, 0.25) is 0 Å². The topological polar surface area (TPSA) is 75.8 Å². The van der Waals surface area contributed by atoms with E-state index < -0.39 is 6.04 Å². The molecule has 1 unspecified atom stereocenters. The Balaban J connectivity index is 4.55. The molecule has 0 aromatic carbocycles. The number of hydrogen-bond acceptors (Lipinski definition) is 4. The summed E-state index contributed by atoms with van der Waals surface area (Å²) in [5.41, 5.74) is 5.71. The van der Waals surface area contributed by atoms with Crippen LogP contribution >= 0.6 is 0 Å². The van der Waals surface area contributed by atoms with Crippen LogP contribution in [-0.4, -0.2) is 54.9 Å². The predicted octanol–water partition coefficient (Wildman–Crippen LogP) is -0.0304. The molecule has 0 spiro atoms. The minimum Gasteiger partial charge on any atom is -0.395 e. The van der Waals surface area contributed by atoms with Gasteiger partial charge in [0.15, 0.2) is 0 Å². The first-order chi connectivity index (χ1) is 7.62. The third-order valence-electron chi connectivity index (χ3n) is 2.67. The van der Waals surface area contributed by atoms with E-state index in [0.717, 1.165) is 12.8 Å². The first-order valence-corrected chi connectivity index (χ1v) is 5.78. The Morgan fingerprint density at radius 2 is 2.00 bits per heavy atom. The quantitative estimate of drug-likeness (QED) is 0.616. The van der Waals surface area contributed by atoms with Crippen LogP contribution in [0.15, 0.2) is 0 Å². The summed E-state index contributed by atoms with van der Waals surface area (Å²) in [5.74, 6) is -0.149. The van der Waals surface area contributed by atoms with Crippen molar-refractivity contribution in [1.82, 2.24) is 4.90 Å². The Kier molecular flexibility index (Phi) is 8.15. The van der Waals surface area contributed by atoms with Gasteiger partial charge in [0.25, 0.3) is 0 Å². The normalized spacial score (nSPS) is 12.9. The number of rotatable bonds is 8. The molecular weight excluding hydrogens is 208 g/mol. The zero-order valence-electron chi connectivity index (χ0n) is 10.5. The number of methoxy groups -OCH3 is 1. The van der Waals surface area contributed by atoms with Gasteiger partial charge in [-0.25, -0.2) is 0 Å². The second kappa shape index (κ2) is 8.50. The monoisotopic (exact) mass is 232 g/mol. The molecule has 0 saturated carbocycles. The molecule has 16 heavy (non-hydrogen) atoms. The van der Waals surface area contributed by atoms with Crippen LogP contribution in [0, 0.1) is 0 Å². The third kappa shape index (κ3) is 4.47. The maximum absolute atomic E-state index is 12.0. The highest BCUT2D eigenvalue weighted by molar-refractivity contribution is 5.82. The van der Waals surface area contributed by atoms with E-state index in [1.54, 1.807) is 4.90 Å². The van der Waals surface area contributed by atoms with Crippen molar-refractivity contribution < 1.29 is 14.6 Å². The third-order valence-corrected chi connectivity index (χ3v) is 2.67. The van der Waals surface area contributed by atoms with Crippen LogP contribution in [0.25, 0.3) is 0 Å². The molecule has 0 aliphatic carbocycles. The molecule has 1 amide bonds. The first-order valence-electron chi connectivity index (χ1n) is 5.78. The summed E-state index contributed by atoms with van der Waals surface area (Å²) in [6.45, 7) is 4.55. The molecule has 5 nitrogen and oxygen atoms in total. The molecule has 0 heterocycles. The van der Waals surface area contributed by atoms with Crippen molar-refractivity contribution >= 4 is 5.91 Å². The number of nitrogens with zero attached hydrogens (tertiary/aromatic N) is 1. The van der Waals surface area contributed by atoms with Crippen molar-refractivity contribution in [2.45, 2.75) is 38.8 Å². The Hall–Kier alpha value is -0.650. The standard InChI is InChI=1S/C11H24N2O3/c1-4-9(5-2)13(6-7-14)11(15)10(12)8-16-3/h9-10,14H,4-8,12H2,1-3H3. The van der Waals surface area contributed by atoms with Gasteiger partial charge in [-0.05, 0) is 12.8 Å². The Morgan fingerprint density at radius 1 is 1.44 bits per heavy atom. The largest absolute Gasteiger partial charge is 0.395 e. The van der Waals surface area contributed by atoms with Crippen LogP contribution in [0.5, 0.6) is 0 Å². The van der Waals surface area contributed by atoms with Crippen molar-refractivity contribution in [1.29, 1.82) is 0 Å². The van der Waals surface area contributed by atoms with Crippen molar-refractivity contribution in [2.24, 2.45) is 5.73 Å². The van der Waals surface area contributed by atoms with E-state index in [-0.39, 0.29) is 25.2 Å². The summed E-state index contributed by atoms with van der Waals surface area (Å²) in [4.78, 5) is 13.6. The minimum atomic E-state index is -0.642. The summed E-state index contributed by atoms with van der Waals surface area (Å²) in [6.07, 6.45) is 1.73. The highest BCUT2D eigenvalue weighted by Gasteiger charge is 2.25. The smallest absolute Gasteiger partial charge is 0.242 e. The van der Waals surface area contributed by atoms with Gasteiger partial charge < -0.3 is 20.5 Å². The zero-order valence-corrected chi connectivity index (χ0v) is 10.5. The lowest BCUT2D eigenvalue weighted by atomic mass is 10.1. The Bertz CT molecular complexity index is 196. The van der Waals surface area contributed by atoms with Gasteiger partial charge in [-0.2, -0.15) is 0 Å². The summed E-state index contributed by atoms with van der Waals surface area (Å²) in [5, 5.41) is 8.97. The van der Waals surface area contributed by atoms with E-state index >= 15 is 0 Å². The summed E-state index contributed by atoms with van der Waals surface area (Å²) in [7, 11) is 1.51. The highest BCUT2D eigenvalue weighted by atomic mass is 16.5. The molecule has 0 radical (unpaired) electrons. The van der Waals surface area contributed by atoms with E-state index in [2.05, 4.69) is 0 Å². The molecule has 0 aliphatic heterocycles. The molecule has 5 heteroatoms. The van der Waals surface area contributed by atoms with Crippen LogP contribution in [-0.2, 0) is 9.53 Å². The van der Waals surface area contributed by atoms with E-state index in [0.29, 0.717) is 6.54 Å². The van der Waals surface area contributed by atoms with E-state index in [1.165, 1.54) is 7.11 Å². The average Bonchev–Trinajstić information content (AvgIpc) is 2.29. The first kappa shape index (κ1) is 15.3. The number of carbonyl (C=O) groups excluding carboxylic acids is 1. The molecule has 0 aliphatic rings. The maximum atomic E-state index is 12.0. The van der Waals surface area contributed by atoms with Crippen LogP contribution in [0.4, 0.5) is 0 Å². The molecule has 0 bridgehead atoms. The van der Waals surface area contributed by atoms with Gasteiger partial charge >= 0.3 is 0 Å². The lowest BCUT2D eigenvalue weighted by molar-refractivity contribution is -0.136. The highest BCUT2D eigenvalue weighted by Crippen LogP contribution is 2.09. The van der Waals surface area contributed by atoms with Crippen LogP contribution < -0.4 is 5.73 Å². The van der Waals surface area contributed by atoms with Gasteiger partial charge in [0.1, 0.15) is 6.04 Å². The molecule has 0 saturated heterocycles. The van der Waals surface area contributed by atoms with Gasteiger partial charge in [-0.3, -0.25) is 4.79 Å². The molecule has 3 N–H and O–H groups in total. The van der Waals surface area contributed by atoms with E-state index in [1.807, 2.05) is 13.8 Å². The number of amides is 1. The second-order valence-electron chi connectivity index (χ2n) is 3.79. The number of carbonyl (C=O) groups is 1. The van der Waals surface area contributed by atoms with Gasteiger partial charge in [-0.1, -0.05) is 13.8 Å². The van der Waals surface area contributed by atoms with Gasteiger partial charge in [0, 0.05) is 19.7 Å². The molecule has 0 rings (SSSR count). The van der Waals surface area contributed by atoms with Gasteiger partial charge in [0.05, 0.1) is 13.2 Å². The minimum absolute atomic E-state index is 0.0397. The predicted molar refractivity (Wildman–Crippen MR) is 63.0 cm³/mol. The number of hydrogen-bond donors (Lipinski definition) is 2. The van der Waals surface area contributed by atoms with Crippen molar-refractivity contribution in [2.75, 3.05) is 26.9 Å². The fraction of sp³-hybridized carbons (Fsp3) is 0.909. The SMILES string of the molecule is CCC(CC)N(CCO)C(=O)C(N)COC. The number of ether oxygens (including phenoxy) is 1. The molecule has 1 atom stereocenters. The number of aliphatic hydroxyl groups excluding tert-OH is 1. The number of aliphatic hydroxyl groups is 1. The van der Waals surface area contributed by atoms with Crippen LogP contribution in [0.3, 0.4) is 0 Å². The molecule has 0 fully saturated rings. The lowest BCUT2D eigenvalue weighted by Gasteiger charge is -2.32. The fourth-order valence-electron chi connectivity index (χ4n) is 1.77. The van der Waals surface area contributed by atoms with Crippen molar-refractivity contribution in [3.63, 3.8) is 0 Å². The fourth-order valence-corrected chi connectivity index (χ4v) is 1.77. The second-order valence-corrected chi connectivity index (χ2v) is 3.79. The molecule has 0 aromatic rings. The summed E-state index contributed by atoms with van der Waals surface area (Å²) < 4.78 is 4.87. The maximum Gasteiger partial charge on any atom is 0.242 e. The van der Waals surface area contributed by atoms with Crippen molar-refractivity contribution in [3.05, 3.63) is 0 Å². The zero-order chi connectivity index (χ0) is 12.6. The van der Waals surface area contributed by atoms with E-state index in [9.17, 15) is 4.79 Å². The summed E-state index contributed by atoms with van der Waals surface area (Å²) >= 11 is 0. The Morgan fingerprint density at radius 3 is 2.38 bits per heavy atom. The van der Waals surface area contributed by atoms with Gasteiger partial charge in [-0.15, -0.1) is 0 Å². The van der Waals surface area contributed by atoms with E-state index in [4.69, 9.17) is 15.6 Å².